The third kappa shape index (κ3) is 3.96. The van der Waals surface area contributed by atoms with E-state index in [1.54, 1.807) is 0 Å². The van der Waals surface area contributed by atoms with Gasteiger partial charge in [0.1, 0.15) is 5.78 Å². The van der Waals surface area contributed by atoms with Crippen molar-refractivity contribution in [2.24, 2.45) is 17.6 Å². The van der Waals surface area contributed by atoms with E-state index < -0.39 is 0 Å². The van der Waals surface area contributed by atoms with Gasteiger partial charge in [-0.1, -0.05) is 6.92 Å². The smallest absolute Gasteiger partial charge is 0.138 e. The molecule has 0 aromatic rings. The minimum atomic E-state index is 0.0252. The van der Waals surface area contributed by atoms with Crippen LogP contribution in [0, 0.1) is 11.8 Å². The van der Waals surface area contributed by atoms with Crippen LogP contribution in [0.3, 0.4) is 0 Å². The molecule has 4 heteroatoms. The number of ketones is 1. The Morgan fingerprint density at radius 1 is 1.47 bits per heavy atom. The van der Waals surface area contributed by atoms with Gasteiger partial charge < -0.3 is 10.5 Å². The van der Waals surface area contributed by atoms with Crippen LogP contribution in [0.15, 0.2) is 0 Å². The first-order valence-electron chi connectivity index (χ1n) is 7.62. The van der Waals surface area contributed by atoms with Crippen LogP contribution in [-0.2, 0) is 9.53 Å². The lowest BCUT2D eigenvalue weighted by Crippen LogP contribution is -2.45. The van der Waals surface area contributed by atoms with Gasteiger partial charge in [0.05, 0.1) is 5.60 Å². The maximum atomic E-state index is 12.5. The van der Waals surface area contributed by atoms with E-state index in [-0.39, 0.29) is 17.4 Å². The molecule has 2 heterocycles. The fourth-order valence-corrected chi connectivity index (χ4v) is 4.57. The minimum absolute atomic E-state index is 0.0252. The molecular weight excluding hydrogens is 258 g/mol. The van der Waals surface area contributed by atoms with Crippen molar-refractivity contribution in [1.29, 1.82) is 0 Å². The predicted molar refractivity (Wildman–Crippen MR) is 80.4 cm³/mol. The summed E-state index contributed by atoms with van der Waals surface area (Å²) >= 11 is 2.01. The topological polar surface area (TPSA) is 52.3 Å². The molecule has 1 spiro atoms. The monoisotopic (exact) mass is 285 g/mol. The predicted octanol–water partition coefficient (Wildman–Crippen LogP) is 2.62. The van der Waals surface area contributed by atoms with Crippen molar-refractivity contribution < 1.29 is 9.53 Å². The van der Waals surface area contributed by atoms with Crippen LogP contribution < -0.4 is 5.73 Å². The number of thioether (sulfide) groups is 1. The fraction of sp³-hybridized carbons (Fsp3) is 0.933. The van der Waals surface area contributed by atoms with Crippen molar-refractivity contribution in [1.82, 2.24) is 0 Å². The third-order valence-corrected chi connectivity index (χ3v) is 5.61. The SMILES string of the molecule is CC(CCCN)C(=O)C1CCOC2(CCSCC2)C1. The average Bonchev–Trinajstić information content (AvgIpc) is 2.45. The van der Waals surface area contributed by atoms with Gasteiger partial charge in [0.15, 0.2) is 0 Å². The zero-order valence-electron chi connectivity index (χ0n) is 12.0. The Hall–Kier alpha value is -0.0600. The minimum Gasteiger partial charge on any atom is -0.375 e. The van der Waals surface area contributed by atoms with Gasteiger partial charge in [-0.05, 0) is 56.6 Å². The highest BCUT2D eigenvalue weighted by atomic mass is 32.2. The Morgan fingerprint density at radius 3 is 2.89 bits per heavy atom. The van der Waals surface area contributed by atoms with Crippen molar-refractivity contribution in [2.75, 3.05) is 24.7 Å². The lowest BCUT2D eigenvalue weighted by Gasteiger charge is -2.43. The maximum Gasteiger partial charge on any atom is 0.138 e. The van der Waals surface area contributed by atoms with Gasteiger partial charge in [0.2, 0.25) is 0 Å². The molecule has 2 aliphatic heterocycles. The Kier molecular flexibility index (Phi) is 5.72. The van der Waals surface area contributed by atoms with Gasteiger partial charge in [-0.2, -0.15) is 11.8 Å². The molecule has 19 heavy (non-hydrogen) atoms. The Morgan fingerprint density at radius 2 is 2.21 bits per heavy atom. The second-order valence-electron chi connectivity index (χ2n) is 6.07. The summed E-state index contributed by atoms with van der Waals surface area (Å²) in [6.45, 7) is 3.52. The molecule has 0 saturated carbocycles. The van der Waals surface area contributed by atoms with Crippen molar-refractivity contribution >= 4 is 17.5 Å². The number of nitrogens with two attached hydrogens (primary N) is 1. The van der Waals surface area contributed by atoms with Gasteiger partial charge in [-0.25, -0.2) is 0 Å². The molecule has 0 aliphatic carbocycles. The van der Waals surface area contributed by atoms with Crippen LogP contribution in [0.4, 0.5) is 0 Å². The number of hydrogen-bond donors (Lipinski definition) is 1. The zero-order chi connectivity index (χ0) is 13.7. The summed E-state index contributed by atoms with van der Waals surface area (Å²) in [5.41, 5.74) is 5.56. The Bertz CT molecular complexity index is 297. The number of hydrogen-bond acceptors (Lipinski definition) is 4. The first-order chi connectivity index (χ1) is 9.17. The summed E-state index contributed by atoms with van der Waals surface area (Å²) in [7, 11) is 0. The molecule has 2 aliphatic rings. The Labute approximate surface area is 121 Å². The van der Waals surface area contributed by atoms with E-state index in [9.17, 15) is 4.79 Å². The molecular formula is C15H27NO2S. The van der Waals surface area contributed by atoms with Gasteiger partial charge in [0.25, 0.3) is 0 Å². The van der Waals surface area contributed by atoms with Crippen LogP contribution in [0.1, 0.15) is 45.4 Å². The Balaban J connectivity index is 1.91. The number of rotatable bonds is 5. The van der Waals surface area contributed by atoms with E-state index in [0.717, 1.165) is 45.1 Å². The molecule has 2 unspecified atom stereocenters. The quantitative estimate of drug-likeness (QED) is 0.843. The molecule has 0 radical (unpaired) electrons. The lowest BCUT2D eigenvalue weighted by atomic mass is 9.77. The summed E-state index contributed by atoms with van der Waals surface area (Å²) in [5, 5.41) is 0. The van der Waals surface area contributed by atoms with E-state index in [1.165, 1.54) is 11.5 Å². The molecule has 0 aromatic carbocycles. The van der Waals surface area contributed by atoms with Crippen LogP contribution >= 0.6 is 11.8 Å². The van der Waals surface area contributed by atoms with Crippen molar-refractivity contribution in [3.8, 4) is 0 Å². The van der Waals surface area contributed by atoms with Gasteiger partial charge >= 0.3 is 0 Å². The molecule has 2 rings (SSSR count). The highest BCUT2D eigenvalue weighted by Crippen LogP contribution is 2.40. The second-order valence-corrected chi connectivity index (χ2v) is 7.29. The van der Waals surface area contributed by atoms with E-state index in [1.807, 2.05) is 11.8 Å². The second kappa shape index (κ2) is 7.09. The number of Topliss-reactive ketones (excluding diaryl/α,β-unsaturated/α-hetero) is 1. The molecule has 0 amide bonds. The molecule has 2 N–H and O–H groups in total. The van der Waals surface area contributed by atoms with Crippen molar-refractivity contribution in [2.45, 2.75) is 51.0 Å². The van der Waals surface area contributed by atoms with E-state index in [4.69, 9.17) is 10.5 Å². The van der Waals surface area contributed by atoms with Crippen LogP contribution in [-0.4, -0.2) is 36.0 Å². The molecule has 2 atom stereocenters. The molecule has 0 bridgehead atoms. The summed E-state index contributed by atoms with van der Waals surface area (Å²) < 4.78 is 6.06. The average molecular weight is 285 g/mol. The summed E-state index contributed by atoms with van der Waals surface area (Å²) in [6.07, 6.45) is 6.02. The highest BCUT2D eigenvalue weighted by Gasteiger charge is 2.41. The summed E-state index contributed by atoms with van der Waals surface area (Å²) in [5.74, 6) is 3.22. The number of carbonyl (C=O) groups is 1. The molecule has 2 fully saturated rings. The van der Waals surface area contributed by atoms with E-state index in [0.29, 0.717) is 12.3 Å². The molecule has 110 valence electrons. The number of carbonyl (C=O) groups excluding carboxylic acids is 1. The zero-order valence-corrected chi connectivity index (χ0v) is 12.8. The normalized spacial score (nSPS) is 28.2. The lowest BCUT2D eigenvalue weighted by molar-refractivity contribution is -0.141. The molecule has 3 nitrogen and oxygen atoms in total. The van der Waals surface area contributed by atoms with Gasteiger partial charge in [-0.15, -0.1) is 0 Å². The number of ether oxygens (including phenoxy) is 1. The highest BCUT2D eigenvalue weighted by molar-refractivity contribution is 7.99. The summed E-state index contributed by atoms with van der Waals surface area (Å²) in [6, 6.07) is 0. The van der Waals surface area contributed by atoms with Crippen molar-refractivity contribution in [3.63, 3.8) is 0 Å². The van der Waals surface area contributed by atoms with E-state index >= 15 is 0 Å². The van der Waals surface area contributed by atoms with Crippen molar-refractivity contribution in [3.05, 3.63) is 0 Å². The molecule has 0 aromatic heterocycles. The van der Waals surface area contributed by atoms with Gasteiger partial charge in [-0.3, -0.25) is 4.79 Å². The largest absolute Gasteiger partial charge is 0.375 e. The van der Waals surface area contributed by atoms with Crippen LogP contribution in [0.5, 0.6) is 0 Å². The summed E-state index contributed by atoms with van der Waals surface area (Å²) in [4.78, 5) is 12.5. The van der Waals surface area contributed by atoms with Crippen LogP contribution in [0.2, 0.25) is 0 Å². The maximum absolute atomic E-state index is 12.5. The standard InChI is InChI=1S/C15H27NO2S/c1-12(3-2-7-16)14(17)13-4-8-18-15(11-13)5-9-19-10-6-15/h12-13H,2-11,16H2,1H3. The molecule has 2 saturated heterocycles. The van der Waals surface area contributed by atoms with Crippen LogP contribution in [0.25, 0.3) is 0 Å². The first-order valence-corrected chi connectivity index (χ1v) is 8.78. The first kappa shape index (κ1) is 15.3. The fourth-order valence-electron chi connectivity index (χ4n) is 3.33. The van der Waals surface area contributed by atoms with Gasteiger partial charge in [0, 0.05) is 18.4 Å². The van der Waals surface area contributed by atoms with E-state index in [2.05, 4.69) is 6.92 Å². The third-order valence-electron chi connectivity index (χ3n) is 4.63.